The number of carbonyl (C=O) groups excluding carboxylic acids is 1. The first-order chi connectivity index (χ1) is 41.0. The van der Waals surface area contributed by atoms with Crippen LogP contribution in [0.2, 0.25) is 0 Å². The van der Waals surface area contributed by atoms with Gasteiger partial charge in [-0.1, -0.05) is 385 Å². The predicted octanol–water partition coefficient (Wildman–Crippen LogP) is 24.2. The molecule has 8 nitrogen and oxygen atoms in total. The van der Waals surface area contributed by atoms with Gasteiger partial charge in [0.25, 0.3) is 0 Å². The number of carbonyl (C=O) groups is 1. The molecule has 0 aliphatic rings. The largest absolute Gasteiger partial charge is 0.472 e. The van der Waals surface area contributed by atoms with Gasteiger partial charge in [0.05, 0.1) is 39.9 Å². The molecule has 9 heteroatoms. The van der Waals surface area contributed by atoms with E-state index in [9.17, 15) is 19.4 Å². The molecule has 0 aliphatic heterocycles. The van der Waals surface area contributed by atoms with Gasteiger partial charge in [-0.15, -0.1) is 0 Å². The fourth-order valence-corrected chi connectivity index (χ4v) is 12.6. The topological polar surface area (TPSA) is 105 Å². The summed E-state index contributed by atoms with van der Waals surface area (Å²) in [6.45, 7) is 4.86. The second-order valence-electron chi connectivity index (χ2n) is 27.4. The number of rotatable bonds is 71. The van der Waals surface area contributed by atoms with Gasteiger partial charge in [0.2, 0.25) is 5.91 Å². The van der Waals surface area contributed by atoms with Crippen molar-refractivity contribution in [2.45, 2.75) is 411 Å². The van der Waals surface area contributed by atoms with Gasteiger partial charge in [-0.05, 0) is 32.1 Å². The maximum absolute atomic E-state index is 13.0. The lowest BCUT2D eigenvalue weighted by molar-refractivity contribution is -0.870. The van der Waals surface area contributed by atoms with Crippen molar-refractivity contribution in [3.05, 3.63) is 24.3 Å². The number of allylic oxidation sites excluding steroid dienone is 3. The molecule has 0 heterocycles. The minimum absolute atomic E-state index is 0.0591. The highest BCUT2D eigenvalue weighted by Crippen LogP contribution is 2.43. The molecule has 0 fully saturated rings. The first-order valence-electron chi connectivity index (χ1n) is 37.7. The predicted molar refractivity (Wildman–Crippen MR) is 369 cm³/mol. The zero-order chi connectivity index (χ0) is 61.2. The van der Waals surface area contributed by atoms with Gasteiger partial charge in [-0.3, -0.25) is 13.8 Å². The summed E-state index contributed by atoms with van der Waals surface area (Å²) in [6.07, 6.45) is 88.0. The number of hydrogen-bond acceptors (Lipinski definition) is 5. The molecule has 3 atom stereocenters. The van der Waals surface area contributed by atoms with Gasteiger partial charge in [-0.2, -0.15) is 0 Å². The van der Waals surface area contributed by atoms with Gasteiger partial charge in [-0.25, -0.2) is 4.57 Å². The van der Waals surface area contributed by atoms with E-state index in [1.807, 2.05) is 27.2 Å². The lowest BCUT2D eigenvalue weighted by Gasteiger charge is -2.25. The van der Waals surface area contributed by atoms with Crippen LogP contribution in [0.15, 0.2) is 24.3 Å². The van der Waals surface area contributed by atoms with Crippen LogP contribution in [0.3, 0.4) is 0 Å². The van der Waals surface area contributed by atoms with Gasteiger partial charge in [0, 0.05) is 6.42 Å². The number of aliphatic hydroxyl groups excluding tert-OH is 1. The summed E-state index contributed by atoms with van der Waals surface area (Å²) in [5.41, 5.74) is 0. The summed E-state index contributed by atoms with van der Waals surface area (Å²) in [5, 5.41) is 14.0. The van der Waals surface area contributed by atoms with E-state index in [0.29, 0.717) is 17.4 Å². The maximum Gasteiger partial charge on any atom is 0.472 e. The molecule has 84 heavy (non-hydrogen) atoms. The quantitative estimate of drug-likeness (QED) is 0.0243. The Balaban J connectivity index is 3.89. The smallest absolute Gasteiger partial charge is 0.387 e. The maximum atomic E-state index is 13.0. The standard InChI is InChI=1S/C75H149N2O6P/c1-6-8-10-12-14-16-18-20-22-24-26-28-29-30-31-32-33-34-35-36-37-38-39-40-41-42-43-44-45-46-47-49-51-53-55-57-59-61-63-65-67-69-75(79)76-73(72-83-84(80,81)82-71-70-77(3,4)5)74(78)68-66-64-62-60-58-56-54-52-50-48-27-25-23-21-19-17-15-13-11-9-7-2/h58,60,66,68,73-74,78H,6-57,59,61-65,67,69-72H2,1-5H3,(H-,76,79,80,81)/p+1/b60-58+,68-66+. The number of likely N-dealkylation sites (N-methyl/N-ethyl adjacent to an activating group) is 1. The Morgan fingerprint density at radius 1 is 0.393 bits per heavy atom. The fraction of sp³-hybridized carbons (Fsp3) is 0.933. The Labute approximate surface area is 525 Å². The lowest BCUT2D eigenvalue weighted by atomic mass is 10.0. The van der Waals surface area contributed by atoms with Crippen molar-refractivity contribution >= 4 is 13.7 Å². The molecule has 0 aliphatic carbocycles. The highest BCUT2D eigenvalue weighted by Gasteiger charge is 2.28. The Hall–Kier alpha value is -1.02. The second kappa shape index (κ2) is 66.4. The molecular formula is C75H150N2O6P+. The zero-order valence-electron chi connectivity index (χ0n) is 57.4. The highest BCUT2D eigenvalue weighted by atomic mass is 31.2. The van der Waals surface area contributed by atoms with Crippen molar-refractivity contribution in [2.75, 3.05) is 40.9 Å². The number of nitrogens with zero attached hydrogens (tertiary/aromatic N) is 1. The molecular weight excluding hydrogens is 1060 g/mol. The Kier molecular flexibility index (Phi) is 65.6. The molecule has 0 aromatic carbocycles. The van der Waals surface area contributed by atoms with Crippen LogP contribution in [0.25, 0.3) is 0 Å². The third-order valence-electron chi connectivity index (χ3n) is 17.7. The van der Waals surface area contributed by atoms with Gasteiger partial charge >= 0.3 is 7.82 Å². The summed E-state index contributed by atoms with van der Waals surface area (Å²) in [5.74, 6) is -0.178. The third-order valence-corrected chi connectivity index (χ3v) is 18.7. The highest BCUT2D eigenvalue weighted by molar-refractivity contribution is 7.47. The summed E-state index contributed by atoms with van der Waals surface area (Å²) in [6, 6.07) is -0.862. The van der Waals surface area contributed by atoms with Crippen molar-refractivity contribution < 1.29 is 32.9 Å². The van der Waals surface area contributed by atoms with E-state index in [1.165, 1.54) is 340 Å². The van der Waals surface area contributed by atoms with Crippen molar-refractivity contribution in [1.29, 1.82) is 0 Å². The number of unbranched alkanes of at least 4 members (excludes halogenated alkanes) is 56. The molecule has 0 aromatic heterocycles. The van der Waals surface area contributed by atoms with Gasteiger partial charge in [0.1, 0.15) is 13.2 Å². The van der Waals surface area contributed by atoms with E-state index in [1.54, 1.807) is 6.08 Å². The van der Waals surface area contributed by atoms with Crippen LogP contribution in [0, 0.1) is 0 Å². The summed E-state index contributed by atoms with van der Waals surface area (Å²) < 4.78 is 23.8. The molecule has 500 valence electrons. The fourth-order valence-electron chi connectivity index (χ4n) is 11.8. The average molecular weight is 1210 g/mol. The summed E-state index contributed by atoms with van der Waals surface area (Å²) >= 11 is 0. The van der Waals surface area contributed by atoms with E-state index >= 15 is 0 Å². The van der Waals surface area contributed by atoms with Crippen molar-refractivity contribution in [3.63, 3.8) is 0 Å². The molecule has 0 rings (SSSR count). The number of amides is 1. The van der Waals surface area contributed by atoms with Crippen molar-refractivity contribution in [3.8, 4) is 0 Å². The van der Waals surface area contributed by atoms with E-state index < -0.39 is 20.0 Å². The van der Waals surface area contributed by atoms with Crippen LogP contribution in [-0.2, 0) is 18.4 Å². The van der Waals surface area contributed by atoms with Crippen LogP contribution < -0.4 is 5.32 Å². The first-order valence-corrected chi connectivity index (χ1v) is 39.2. The van der Waals surface area contributed by atoms with E-state index in [4.69, 9.17) is 9.05 Å². The van der Waals surface area contributed by atoms with Crippen molar-refractivity contribution in [2.24, 2.45) is 0 Å². The lowest BCUT2D eigenvalue weighted by Crippen LogP contribution is -2.45. The van der Waals surface area contributed by atoms with Crippen LogP contribution in [0.1, 0.15) is 399 Å². The molecule has 0 saturated heterocycles. The number of nitrogens with one attached hydrogen (secondary N) is 1. The first kappa shape index (κ1) is 83.0. The number of aliphatic hydroxyl groups is 1. The molecule has 1 amide bonds. The van der Waals surface area contributed by atoms with Gasteiger partial charge < -0.3 is 19.8 Å². The number of hydrogen-bond donors (Lipinski definition) is 3. The minimum atomic E-state index is -4.36. The summed E-state index contributed by atoms with van der Waals surface area (Å²) in [4.78, 5) is 23.4. The zero-order valence-corrected chi connectivity index (χ0v) is 58.3. The molecule has 0 radical (unpaired) electrons. The molecule has 3 unspecified atom stereocenters. The molecule has 0 bridgehead atoms. The molecule has 0 saturated carbocycles. The Morgan fingerprint density at radius 3 is 0.952 bits per heavy atom. The molecule has 0 spiro atoms. The number of quaternary nitrogens is 1. The van der Waals surface area contributed by atoms with Crippen LogP contribution in [0.5, 0.6) is 0 Å². The normalized spacial score (nSPS) is 13.7. The second-order valence-corrected chi connectivity index (χ2v) is 28.8. The number of phosphoric acid groups is 1. The van der Waals surface area contributed by atoms with Crippen LogP contribution in [0.4, 0.5) is 0 Å². The van der Waals surface area contributed by atoms with Crippen LogP contribution in [-0.4, -0.2) is 73.4 Å². The van der Waals surface area contributed by atoms with Gasteiger partial charge in [0.15, 0.2) is 0 Å². The third kappa shape index (κ3) is 68.5. The molecule has 3 N–H and O–H groups in total. The van der Waals surface area contributed by atoms with Crippen LogP contribution >= 0.6 is 7.82 Å². The average Bonchev–Trinajstić information content (AvgIpc) is 3.56. The minimum Gasteiger partial charge on any atom is -0.387 e. The summed E-state index contributed by atoms with van der Waals surface area (Å²) in [7, 11) is 1.58. The molecule has 0 aromatic rings. The SMILES string of the molecule is CCCCCCCCCCCCCCCCC/C=C/CC/C=C/C(O)C(COP(=O)(O)OCC[N+](C)(C)C)NC(=O)CCCCCCCCCCCCCCCCCCCCCCCCCCCCCCCCCCCCCCCCCCC. The number of phosphoric ester groups is 1. The van der Waals surface area contributed by atoms with E-state index in [-0.39, 0.29) is 19.1 Å². The van der Waals surface area contributed by atoms with E-state index in [2.05, 4.69) is 31.3 Å². The van der Waals surface area contributed by atoms with E-state index in [0.717, 1.165) is 38.5 Å². The Morgan fingerprint density at radius 2 is 0.655 bits per heavy atom. The monoisotopic (exact) mass is 1210 g/mol. The van der Waals surface area contributed by atoms with Crippen molar-refractivity contribution in [1.82, 2.24) is 5.32 Å². The Bertz CT molecular complexity index is 1420.